The van der Waals surface area contributed by atoms with E-state index < -0.39 is 0 Å². The predicted molar refractivity (Wildman–Crippen MR) is 108 cm³/mol. The molecule has 0 aliphatic heterocycles. The lowest BCUT2D eigenvalue weighted by molar-refractivity contribution is -0.118. The van der Waals surface area contributed by atoms with Crippen molar-refractivity contribution < 1.29 is 14.3 Å². The molecule has 1 amide bonds. The smallest absolute Gasteiger partial charge is 0.262 e. The van der Waals surface area contributed by atoms with E-state index in [2.05, 4.69) is 10.6 Å². The van der Waals surface area contributed by atoms with Crippen LogP contribution >= 0.6 is 0 Å². The Balaban J connectivity index is 1.54. The van der Waals surface area contributed by atoms with Crippen molar-refractivity contribution in [1.29, 1.82) is 0 Å². The number of rotatable bonds is 7. The number of nitrogens with one attached hydrogen (secondary N) is 2. The lowest BCUT2D eigenvalue weighted by Crippen LogP contribution is -2.20. The molecule has 0 unspecified atom stereocenters. The van der Waals surface area contributed by atoms with Crippen LogP contribution in [0.25, 0.3) is 0 Å². The summed E-state index contributed by atoms with van der Waals surface area (Å²) >= 11 is 0. The van der Waals surface area contributed by atoms with Crippen LogP contribution in [-0.2, 0) is 4.79 Å². The Morgan fingerprint density at radius 1 is 0.889 bits per heavy atom. The van der Waals surface area contributed by atoms with Gasteiger partial charge in [0.1, 0.15) is 11.5 Å². The molecule has 0 bridgehead atoms. The molecule has 0 radical (unpaired) electrons. The molecule has 3 aromatic carbocycles. The molecule has 138 valence electrons. The van der Waals surface area contributed by atoms with Gasteiger partial charge >= 0.3 is 0 Å². The molecular weight excluding hydrogens is 340 g/mol. The van der Waals surface area contributed by atoms with Crippen LogP contribution in [0.2, 0.25) is 0 Å². The maximum absolute atomic E-state index is 12.0. The Labute approximate surface area is 158 Å². The predicted octanol–water partition coefficient (Wildman–Crippen LogP) is 4.76. The number of carbonyl (C=O) groups is 1. The van der Waals surface area contributed by atoms with Crippen LogP contribution in [0, 0.1) is 6.92 Å². The Kier molecular flexibility index (Phi) is 5.94. The zero-order chi connectivity index (χ0) is 19.1. The summed E-state index contributed by atoms with van der Waals surface area (Å²) in [5.74, 6) is 1.23. The molecule has 0 fully saturated rings. The van der Waals surface area contributed by atoms with Gasteiger partial charge in [0.25, 0.3) is 5.91 Å². The Morgan fingerprint density at radius 3 is 2.26 bits per heavy atom. The van der Waals surface area contributed by atoms with E-state index in [9.17, 15) is 4.79 Å². The van der Waals surface area contributed by atoms with Crippen molar-refractivity contribution in [2.24, 2.45) is 0 Å². The molecule has 3 rings (SSSR count). The molecule has 0 heterocycles. The highest BCUT2D eigenvalue weighted by molar-refractivity contribution is 5.92. The van der Waals surface area contributed by atoms with Crippen LogP contribution in [0.4, 0.5) is 17.1 Å². The zero-order valence-corrected chi connectivity index (χ0v) is 15.4. The Morgan fingerprint density at radius 2 is 1.56 bits per heavy atom. The number of para-hydroxylation sites is 2. The normalized spacial score (nSPS) is 10.1. The highest BCUT2D eigenvalue weighted by atomic mass is 16.5. The topological polar surface area (TPSA) is 59.6 Å². The minimum Gasteiger partial charge on any atom is -0.495 e. The summed E-state index contributed by atoms with van der Waals surface area (Å²) in [5, 5.41) is 6.11. The summed E-state index contributed by atoms with van der Waals surface area (Å²) in [4.78, 5) is 12.0. The van der Waals surface area contributed by atoms with Crippen LogP contribution in [0.5, 0.6) is 11.5 Å². The first-order valence-corrected chi connectivity index (χ1v) is 8.63. The second kappa shape index (κ2) is 8.76. The molecule has 27 heavy (non-hydrogen) atoms. The number of amides is 1. The van der Waals surface area contributed by atoms with Gasteiger partial charge in [0.05, 0.1) is 12.8 Å². The van der Waals surface area contributed by atoms with Crippen molar-refractivity contribution >= 4 is 23.0 Å². The standard InChI is InChI=1S/C22H22N2O3/c1-16-7-13-19(14-8-16)27-15-22(25)24-18-11-9-17(10-12-18)23-20-5-3-4-6-21(20)26-2/h3-14,23H,15H2,1-2H3,(H,24,25). The number of hydrogen-bond acceptors (Lipinski definition) is 4. The lowest BCUT2D eigenvalue weighted by Gasteiger charge is -2.12. The molecule has 0 saturated carbocycles. The lowest BCUT2D eigenvalue weighted by atomic mass is 10.2. The summed E-state index contributed by atoms with van der Waals surface area (Å²) in [5.41, 5.74) is 3.63. The summed E-state index contributed by atoms with van der Waals surface area (Å²) in [6.45, 7) is 1.97. The van der Waals surface area contributed by atoms with E-state index >= 15 is 0 Å². The van der Waals surface area contributed by atoms with Gasteiger partial charge in [-0.2, -0.15) is 0 Å². The molecule has 0 atom stereocenters. The number of benzene rings is 3. The minimum atomic E-state index is -0.207. The molecule has 3 aromatic rings. The largest absolute Gasteiger partial charge is 0.495 e. The van der Waals surface area contributed by atoms with Crippen molar-refractivity contribution in [3.63, 3.8) is 0 Å². The zero-order valence-electron chi connectivity index (χ0n) is 15.4. The van der Waals surface area contributed by atoms with Gasteiger partial charge < -0.3 is 20.1 Å². The fourth-order valence-corrected chi connectivity index (χ4v) is 2.52. The van der Waals surface area contributed by atoms with E-state index in [0.717, 1.165) is 22.7 Å². The third kappa shape index (κ3) is 5.25. The van der Waals surface area contributed by atoms with E-state index in [4.69, 9.17) is 9.47 Å². The van der Waals surface area contributed by atoms with Crippen molar-refractivity contribution in [3.05, 3.63) is 78.4 Å². The van der Waals surface area contributed by atoms with Crippen molar-refractivity contribution in [2.75, 3.05) is 24.4 Å². The number of methoxy groups -OCH3 is 1. The van der Waals surface area contributed by atoms with E-state index in [0.29, 0.717) is 11.4 Å². The van der Waals surface area contributed by atoms with Crippen LogP contribution in [0.3, 0.4) is 0 Å². The SMILES string of the molecule is COc1ccccc1Nc1ccc(NC(=O)COc2ccc(C)cc2)cc1. The summed E-state index contributed by atoms with van der Waals surface area (Å²) in [6.07, 6.45) is 0. The van der Waals surface area contributed by atoms with Gasteiger partial charge in [-0.3, -0.25) is 4.79 Å². The maximum atomic E-state index is 12.0. The van der Waals surface area contributed by atoms with Gasteiger partial charge in [0.15, 0.2) is 6.61 Å². The molecule has 2 N–H and O–H groups in total. The average molecular weight is 362 g/mol. The van der Waals surface area contributed by atoms with E-state index in [-0.39, 0.29) is 12.5 Å². The fourth-order valence-electron chi connectivity index (χ4n) is 2.52. The Bertz CT molecular complexity index is 890. The van der Waals surface area contributed by atoms with Gasteiger partial charge in [0.2, 0.25) is 0 Å². The molecule has 5 nitrogen and oxygen atoms in total. The third-order valence-corrected chi connectivity index (χ3v) is 3.95. The molecule has 0 aromatic heterocycles. The molecule has 0 spiro atoms. The summed E-state index contributed by atoms with van der Waals surface area (Å²) in [6, 6.07) is 22.7. The second-order valence-corrected chi connectivity index (χ2v) is 6.05. The first kappa shape index (κ1) is 18.3. The van der Waals surface area contributed by atoms with Crippen molar-refractivity contribution in [2.45, 2.75) is 6.92 Å². The van der Waals surface area contributed by atoms with Gasteiger partial charge in [-0.25, -0.2) is 0 Å². The average Bonchev–Trinajstić information content (AvgIpc) is 2.69. The monoisotopic (exact) mass is 362 g/mol. The van der Waals surface area contributed by atoms with Gasteiger partial charge in [-0.05, 0) is 55.5 Å². The molecule has 5 heteroatoms. The second-order valence-electron chi connectivity index (χ2n) is 6.05. The van der Waals surface area contributed by atoms with Crippen molar-refractivity contribution in [3.8, 4) is 11.5 Å². The highest BCUT2D eigenvalue weighted by Gasteiger charge is 2.05. The van der Waals surface area contributed by atoms with Gasteiger partial charge in [-0.1, -0.05) is 29.8 Å². The molecule has 0 aliphatic rings. The fraction of sp³-hybridized carbons (Fsp3) is 0.136. The quantitative estimate of drug-likeness (QED) is 0.636. The Hall–Kier alpha value is -3.47. The number of aryl methyl sites for hydroxylation is 1. The maximum Gasteiger partial charge on any atom is 0.262 e. The number of hydrogen-bond donors (Lipinski definition) is 2. The van der Waals surface area contributed by atoms with Crippen molar-refractivity contribution in [1.82, 2.24) is 0 Å². The van der Waals surface area contributed by atoms with Crippen LogP contribution in [-0.4, -0.2) is 19.6 Å². The van der Waals surface area contributed by atoms with Crippen LogP contribution < -0.4 is 20.1 Å². The van der Waals surface area contributed by atoms with Gasteiger partial charge in [-0.15, -0.1) is 0 Å². The molecular formula is C22H22N2O3. The van der Waals surface area contributed by atoms with E-state index in [1.54, 1.807) is 7.11 Å². The molecule has 0 saturated heterocycles. The van der Waals surface area contributed by atoms with Crippen LogP contribution in [0.1, 0.15) is 5.56 Å². The summed E-state index contributed by atoms with van der Waals surface area (Å²) in [7, 11) is 1.64. The van der Waals surface area contributed by atoms with E-state index in [1.807, 2.05) is 79.7 Å². The van der Waals surface area contributed by atoms with Crippen LogP contribution in [0.15, 0.2) is 72.8 Å². The third-order valence-electron chi connectivity index (χ3n) is 3.95. The minimum absolute atomic E-state index is 0.0374. The number of ether oxygens (including phenoxy) is 2. The van der Waals surface area contributed by atoms with Gasteiger partial charge in [0, 0.05) is 11.4 Å². The summed E-state index contributed by atoms with van der Waals surface area (Å²) < 4.78 is 10.8. The number of anilines is 3. The highest BCUT2D eigenvalue weighted by Crippen LogP contribution is 2.27. The number of carbonyl (C=O) groups excluding carboxylic acids is 1. The first-order valence-electron chi connectivity index (χ1n) is 8.63. The first-order chi connectivity index (χ1) is 13.1. The molecule has 0 aliphatic carbocycles. The van der Waals surface area contributed by atoms with E-state index in [1.165, 1.54) is 0 Å².